The molecule has 0 fully saturated rings. The van der Waals surface area contributed by atoms with Crippen molar-refractivity contribution in [2.24, 2.45) is 5.73 Å². The predicted octanol–water partition coefficient (Wildman–Crippen LogP) is 0.952. The number of hydrogen-bond acceptors (Lipinski definition) is 4. The van der Waals surface area contributed by atoms with Crippen molar-refractivity contribution in [3.05, 3.63) is 42.5 Å². The molecule has 6 nitrogen and oxygen atoms in total. The van der Waals surface area contributed by atoms with E-state index >= 15 is 0 Å². The number of aliphatic carboxylic acids is 1. The molecule has 0 heterocycles. The quantitative estimate of drug-likeness (QED) is 0.756. The molecule has 4 N–H and O–H groups in total. The van der Waals surface area contributed by atoms with Crippen molar-refractivity contribution < 1.29 is 18.3 Å². The highest BCUT2D eigenvalue weighted by Gasteiger charge is 2.25. The number of sulfonamides is 1. The molecule has 1 atom stereocenters. The highest BCUT2D eigenvalue weighted by molar-refractivity contribution is 7.89. The smallest absolute Gasteiger partial charge is 0.323 e. The maximum atomic E-state index is 12.3. The van der Waals surface area contributed by atoms with E-state index in [4.69, 9.17) is 10.8 Å². The molecule has 21 heavy (non-hydrogen) atoms. The molecule has 0 aliphatic heterocycles. The minimum absolute atomic E-state index is 0. The van der Waals surface area contributed by atoms with Gasteiger partial charge in [-0.3, -0.25) is 4.79 Å². The normalized spacial score (nSPS) is 12.6. The molecule has 8 heteroatoms. The van der Waals surface area contributed by atoms with Crippen molar-refractivity contribution in [3.63, 3.8) is 0 Å². The van der Waals surface area contributed by atoms with E-state index in [1.165, 1.54) is 6.07 Å². The third kappa shape index (κ3) is 3.70. The third-order valence-electron chi connectivity index (χ3n) is 2.87. The summed E-state index contributed by atoms with van der Waals surface area (Å²) >= 11 is 0. The molecule has 2 aromatic rings. The van der Waals surface area contributed by atoms with Crippen molar-refractivity contribution in [2.45, 2.75) is 10.9 Å². The van der Waals surface area contributed by atoms with E-state index in [2.05, 4.69) is 4.72 Å². The van der Waals surface area contributed by atoms with E-state index < -0.39 is 22.0 Å². The summed E-state index contributed by atoms with van der Waals surface area (Å²) in [5.41, 5.74) is 5.26. The molecule has 114 valence electrons. The van der Waals surface area contributed by atoms with Crippen LogP contribution in [-0.4, -0.2) is 32.1 Å². The first-order chi connectivity index (χ1) is 9.45. The van der Waals surface area contributed by atoms with Crippen LogP contribution in [-0.2, 0) is 14.8 Å². The van der Waals surface area contributed by atoms with Crippen LogP contribution in [0.25, 0.3) is 10.8 Å². The Morgan fingerprint density at radius 1 is 1.19 bits per heavy atom. The first-order valence-electron chi connectivity index (χ1n) is 5.88. The fourth-order valence-corrected chi connectivity index (χ4v) is 3.31. The number of carboxylic acid groups (broad SMARTS) is 1. The Bertz CT molecular complexity index is 743. The van der Waals surface area contributed by atoms with Gasteiger partial charge in [-0.25, -0.2) is 8.42 Å². The van der Waals surface area contributed by atoms with Gasteiger partial charge in [0.15, 0.2) is 0 Å². The molecule has 0 unspecified atom stereocenters. The molecular weight excluding hydrogens is 316 g/mol. The highest BCUT2D eigenvalue weighted by atomic mass is 35.5. The average Bonchev–Trinajstić information content (AvgIpc) is 2.43. The van der Waals surface area contributed by atoms with Crippen molar-refractivity contribution >= 4 is 39.2 Å². The Balaban J connectivity index is 0.00000220. The number of halogens is 1. The summed E-state index contributed by atoms with van der Waals surface area (Å²) in [6.07, 6.45) is 0. The van der Waals surface area contributed by atoms with Crippen LogP contribution in [0.4, 0.5) is 0 Å². The zero-order valence-electron chi connectivity index (χ0n) is 10.9. The zero-order valence-corrected chi connectivity index (χ0v) is 12.5. The SMILES string of the molecule is Cl.NC[C@H](NS(=O)(=O)c1cccc2ccccc12)C(=O)O. The van der Waals surface area contributed by atoms with Crippen LogP contribution in [0.5, 0.6) is 0 Å². The van der Waals surface area contributed by atoms with Crippen molar-refractivity contribution in [1.82, 2.24) is 4.72 Å². The van der Waals surface area contributed by atoms with Crippen LogP contribution in [0.2, 0.25) is 0 Å². The summed E-state index contributed by atoms with van der Waals surface area (Å²) < 4.78 is 26.7. The van der Waals surface area contributed by atoms with Gasteiger partial charge in [-0.05, 0) is 11.5 Å². The zero-order chi connectivity index (χ0) is 14.8. The predicted molar refractivity (Wildman–Crippen MR) is 82.0 cm³/mol. The largest absolute Gasteiger partial charge is 0.480 e. The number of benzene rings is 2. The minimum atomic E-state index is -3.95. The maximum absolute atomic E-state index is 12.3. The number of fused-ring (bicyclic) bond motifs is 1. The van der Waals surface area contributed by atoms with Crippen LogP contribution in [0, 0.1) is 0 Å². The van der Waals surface area contributed by atoms with Gasteiger partial charge < -0.3 is 10.8 Å². The molecule has 0 saturated carbocycles. The van der Waals surface area contributed by atoms with Crippen LogP contribution < -0.4 is 10.5 Å². The fourth-order valence-electron chi connectivity index (χ4n) is 1.88. The molecule has 0 radical (unpaired) electrons. The van der Waals surface area contributed by atoms with E-state index in [0.29, 0.717) is 5.39 Å². The Labute approximate surface area is 128 Å². The molecule has 0 saturated heterocycles. The second kappa shape index (κ2) is 6.86. The molecule has 0 aromatic heterocycles. The van der Waals surface area contributed by atoms with Crippen LogP contribution in [0.1, 0.15) is 0 Å². The lowest BCUT2D eigenvalue weighted by Crippen LogP contribution is -2.45. The first kappa shape index (κ1) is 17.4. The Kier molecular flexibility index (Phi) is 5.68. The van der Waals surface area contributed by atoms with E-state index in [1.807, 2.05) is 0 Å². The third-order valence-corrected chi connectivity index (χ3v) is 4.40. The summed E-state index contributed by atoms with van der Waals surface area (Å²) in [5.74, 6) is -1.31. The summed E-state index contributed by atoms with van der Waals surface area (Å²) in [6, 6.07) is 10.4. The summed E-state index contributed by atoms with van der Waals surface area (Å²) in [6.45, 7) is -0.320. The maximum Gasteiger partial charge on any atom is 0.323 e. The second-order valence-electron chi connectivity index (χ2n) is 4.23. The number of nitrogens with one attached hydrogen (secondary N) is 1. The molecule has 2 rings (SSSR count). The number of hydrogen-bond donors (Lipinski definition) is 3. The molecule has 0 amide bonds. The van der Waals surface area contributed by atoms with Gasteiger partial charge in [0.1, 0.15) is 6.04 Å². The van der Waals surface area contributed by atoms with Crippen LogP contribution >= 0.6 is 12.4 Å². The van der Waals surface area contributed by atoms with Gasteiger partial charge in [-0.15, -0.1) is 12.4 Å². The fraction of sp³-hybridized carbons (Fsp3) is 0.154. The minimum Gasteiger partial charge on any atom is -0.480 e. The molecule has 0 aliphatic carbocycles. The molecule has 0 spiro atoms. The van der Waals surface area contributed by atoms with Crippen LogP contribution in [0.15, 0.2) is 47.4 Å². The van der Waals surface area contributed by atoms with Crippen molar-refractivity contribution in [2.75, 3.05) is 6.54 Å². The number of carbonyl (C=O) groups is 1. The van der Waals surface area contributed by atoms with Gasteiger partial charge in [-0.2, -0.15) is 4.72 Å². The van der Waals surface area contributed by atoms with Gasteiger partial charge in [0, 0.05) is 11.9 Å². The number of nitrogens with two attached hydrogens (primary N) is 1. The number of carboxylic acids is 1. The summed E-state index contributed by atoms with van der Waals surface area (Å²) in [7, 11) is -3.95. The van der Waals surface area contributed by atoms with Gasteiger partial charge in [0.25, 0.3) is 0 Å². The Morgan fingerprint density at radius 2 is 1.81 bits per heavy atom. The topological polar surface area (TPSA) is 109 Å². The van der Waals surface area contributed by atoms with Gasteiger partial charge in [0.2, 0.25) is 10.0 Å². The van der Waals surface area contributed by atoms with E-state index in [9.17, 15) is 13.2 Å². The highest BCUT2D eigenvalue weighted by Crippen LogP contribution is 2.22. The lowest BCUT2D eigenvalue weighted by molar-refractivity contribution is -0.138. The first-order valence-corrected chi connectivity index (χ1v) is 7.37. The molecule has 0 aliphatic rings. The average molecular weight is 331 g/mol. The Morgan fingerprint density at radius 3 is 2.43 bits per heavy atom. The van der Waals surface area contributed by atoms with E-state index in [0.717, 1.165) is 5.39 Å². The Hall–Kier alpha value is -1.67. The van der Waals surface area contributed by atoms with E-state index in [1.54, 1.807) is 36.4 Å². The van der Waals surface area contributed by atoms with Crippen molar-refractivity contribution in [3.8, 4) is 0 Å². The van der Waals surface area contributed by atoms with Gasteiger partial charge in [-0.1, -0.05) is 36.4 Å². The second-order valence-corrected chi connectivity index (χ2v) is 5.91. The molecule has 2 aromatic carbocycles. The lowest BCUT2D eigenvalue weighted by Gasteiger charge is -2.14. The summed E-state index contributed by atoms with van der Waals surface area (Å²) in [4.78, 5) is 10.9. The molecular formula is C13H15ClN2O4S. The van der Waals surface area contributed by atoms with Crippen molar-refractivity contribution in [1.29, 1.82) is 0 Å². The lowest BCUT2D eigenvalue weighted by atomic mass is 10.1. The van der Waals surface area contributed by atoms with Crippen LogP contribution in [0.3, 0.4) is 0 Å². The van der Waals surface area contributed by atoms with Gasteiger partial charge >= 0.3 is 5.97 Å². The standard InChI is InChI=1S/C13H14N2O4S.ClH/c14-8-11(13(16)17)15-20(18,19)12-7-3-5-9-4-1-2-6-10(9)12;/h1-7,11,15H,8,14H2,(H,16,17);1H/t11-;/m0./s1. The monoisotopic (exact) mass is 330 g/mol. The molecule has 0 bridgehead atoms. The van der Waals surface area contributed by atoms with Gasteiger partial charge in [0.05, 0.1) is 4.90 Å². The number of rotatable bonds is 5. The summed E-state index contributed by atoms with van der Waals surface area (Å²) in [5, 5.41) is 10.2. The van der Waals surface area contributed by atoms with E-state index in [-0.39, 0.29) is 23.8 Å².